The molecule has 0 amide bonds. The van der Waals surface area contributed by atoms with Crippen molar-refractivity contribution in [2.24, 2.45) is 7.05 Å². The second-order valence-corrected chi connectivity index (χ2v) is 4.70. The summed E-state index contributed by atoms with van der Waals surface area (Å²) in [5, 5.41) is 8.11. The Kier molecular flexibility index (Phi) is 3.13. The van der Waals surface area contributed by atoms with Crippen molar-refractivity contribution in [3.05, 3.63) is 17.9 Å². The van der Waals surface area contributed by atoms with Crippen LogP contribution in [0.3, 0.4) is 0 Å². The second kappa shape index (κ2) is 4.95. The fraction of sp³-hybridized carbons (Fsp3) is 0.500. The molecule has 3 aromatic heterocycles. The van der Waals surface area contributed by atoms with Gasteiger partial charge in [0.1, 0.15) is 5.52 Å². The number of nitrogens with zero attached hydrogens (tertiary/aromatic N) is 6. The lowest BCUT2D eigenvalue weighted by Crippen LogP contribution is -2.09. The van der Waals surface area contributed by atoms with Crippen LogP contribution in [0.5, 0.6) is 0 Å². The van der Waals surface area contributed by atoms with Crippen molar-refractivity contribution < 1.29 is 4.52 Å². The number of hydrogen-bond acceptors (Lipinski definition) is 6. The molecule has 106 valence electrons. The topological polar surface area (TPSA) is 101 Å². The van der Waals surface area contributed by atoms with E-state index in [1.807, 2.05) is 16.3 Å². The van der Waals surface area contributed by atoms with Crippen LogP contribution in [0.15, 0.2) is 10.9 Å². The molecule has 0 atom stereocenters. The number of nitrogens with two attached hydrogens (primary N) is 1. The minimum Gasteiger partial charge on any atom is -0.369 e. The quantitative estimate of drug-likeness (QED) is 0.743. The number of fused-ring (bicyclic) bond motifs is 1. The van der Waals surface area contributed by atoms with Crippen LogP contribution in [0.4, 0.5) is 5.95 Å². The summed E-state index contributed by atoms with van der Waals surface area (Å²) in [5.41, 5.74) is 8.83. The van der Waals surface area contributed by atoms with Crippen molar-refractivity contribution >= 4 is 17.1 Å². The zero-order valence-corrected chi connectivity index (χ0v) is 11.6. The van der Waals surface area contributed by atoms with Gasteiger partial charge < -0.3 is 10.3 Å². The molecule has 0 unspecified atom stereocenters. The first-order valence-corrected chi connectivity index (χ1v) is 6.63. The van der Waals surface area contributed by atoms with E-state index < -0.39 is 0 Å². The molecule has 0 aliphatic heterocycles. The van der Waals surface area contributed by atoms with E-state index in [1.165, 1.54) is 6.33 Å². The molecular formula is C12H17N7O. The second-order valence-electron chi connectivity index (χ2n) is 4.70. The van der Waals surface area contributed by atoms with Gasteiger partial charge in [-0.25, -0.2) is 4.98 Å². The molecule has 0 saturated heterocycles. The molecular weight excluding hydrogens is 258 g/mol. The van der Waals surface area contributed by atoms with E-state index in [1.54, 1.807) is 0 Å². The molecule has 0 radical (unpaired) electrons. The van der Waals surface area contributed by atoms with Crippen LogP contribution in [0.1, 0.15) is 24.9 Å². The average molecular weight is 275 g/mol. The smallest absolute Gasteiger partial charge is 0.228 e. The van der Waals surface area contributed by atoms with Crippen molar-refractivity contribution in [2.45, 2.75) is 32.7 Å². The standard InChI is InChI=1S/C12H17N7O/c1-3-4-8-10-11(18(2)17-8)19(12(13)16-10)6-5-9-14-7-15-20-9/h7H,3-6H2,1-2H3,(H2,13,16). The van der Waals surface area contributed by atoms with Gasteiger partial charge in [0.25, 0.3) is 0 Å². The predicted octanol–water partition coefficient (Wildman–Crippen LogP) is 0.930. The maximum absolute atomic E-state index is 6.02. The summed E-state index contributed by atoms with van der Waals surface area (Å²) < 4.78 is 8.77. The molecule has 3 heterocycles. The normalized spacial score (nSPS) is 11.5. The summed E-state index contributed by atoms with van der Waals surface area (Å²) in [4.78, 5) is 8.45. The number of hydrogen-bond donors (Lipinski definition) is 1. The molecule has 8 heteroatoms. The zero-order chi connectivity index (χ0) is 14.1. The summed E-state index contributed by atoms with van der Waals surface area (Å²) in [6.07, 6.45) is 3.94. The van der Waals surface area contributed by atoms with Gasteiger partial charge in [0, 0.05) is 20.0 Å². The van der Waals surface area contributed by atoms with Gasteiger partial charge in [-0.3, -0.25) is 9.25 Å². The van der Waals surface area contributed by atoms with Gasteiger partial charge in [0.05, 0.1) is 5.69 Å². The highest BCUT2D eigenvalue weighted by Crippen LogP contribution is 2.22. The molecule has 3 rings (SSSR count). The third-order valence-electron chi connectivity index (χ3n) is 3.26. The Morgan fingerprint density at radius 2 is 2.20 bits per heavy atom. The van der Waals surface area contributed by atoms with Crippen LogP contribution < -0.4 is 5.73 Å². The number of aryl methyl sites for hydroxylation is 4. The maximum atomic E-state index is 6.02. The zero-order valence-electron chi connectivity index (χ0n) is 11.6. The van der Waals surface area contributed by atoms with E-state index >= 15 is 0 Å². The van der Waals surface area contributed by atoms with E-state index in [0.717, 1.165) is 29.7 Å². The molecule has 0 aliphatic carbocycles. The van der Waals surface area contributed by atoms with Crippen molar-refractivity contribution in [1.82, 2.24) is 29.5 Å². The number of nitrogen functional groups attached to an aromatic ring is 1. The fourth-order valence-corrected chi connectivity index (χ4v) is 2.40. The Labute approximate surface area is 115 Å². The van der Waals surface area contributed by atoms with Crippen LogP contribution in [0.25, 0.3) is 11.2 Å². The van der Waals surface area contributed by atoms with Crippen molar-refractivity contribution in [2.75, 3.05) is 5.73 Å². The molecule has 0 aromatic carbocycles. The number of anilines is 1. The maximum Gasteiger partial charge on any atom is 0.228 e. The van der Waals surface area contributed by atoms with E-state index in [2.05, 4.69) is 27.1 Å². The first kappa shape index (κ1) is 12.6. The Hall–Kier alpha value is -2.38. The number of imidazole rings is 1. The molecule has 0 spiro atoms. The molecule has 20 heavy (non-hydrogen) atoms. The SMILES string of the molecule is CCCc1nn(C)c2c1nc(N)n2CCc1ncno1. The minimum atomic E-state index is 0.491. The van der Waals surface area contributed by atoms with Gasteiger partial charge in [-0.05, 0) is 6.42 Å². The Bertz CT molecular complexity index is 710. The highest BCUT2D eigenvalue weighted by atomic mass is 16.5. The molecule has 3 aromatic rings. The van der Waals surface area contributed by atoms with Crippen LogP contribution >= 0.6 is 0 Å². The summed E-state index contributed by atoms with van der Waals surface area (Å²) in [7, 11) is 1.91. The molecule has 0 saturated carbocycles. The highest BCUT2D eigenvalue weighted by Gasteiger charge is 2.17. The molecule has 8 nitrogen and oxygen atoms in total. The summed E-state index contributed by atoms with van der Waals surface area (Å²) in [6, 6.07) is 0. The number of aromatic nitrogens is 6. The van der Waals surface area contributed by atoms with Gasteiger partial charge in [-0.1, -0.05) is 18.5 Å². The van der Waals surface area contributed by atoms with E-state index in [0.29, 0.717) is 24.8 Å². The van der Waals surface area contributed by atoms with Crippen molar-refractivity contribution in [3.63, 3.8) is 0 Å². The Morgan fingerprint density at radius 1 is 1.35 bits per heavy atom. The molecule has 0 fully saturated rings. The Morgan fingerprint density at radius 3 is 2.90 bits per heavy atom. The Balaban J connectivity index is 1.95. The van der Waals surface area contributed by atoms with Gasteiger partial charge in [-0.15, -0.1) is 0 Å². The van der Waals surface area contributed by atoms with Gasteiger partial charge in [-0.2, -0.15) is 10.1 Å². The van der Waals surface area contributed by atoms with Crippen LogP contribution in [0, 0.1) is 0 Å². The van der Waals surface area contributed by atoms with Gasteiger partial charge >= 0.3 is 0 Å². The summed E-state index contributed by atoms with van der Waals surface area (Å²) >= 11 is 0. The monoisotopic (exact) mass is 275 g/mol. The van der Waals surface area contributed by atoms with E-state index in [4.69, 9.17) is 10.3 Å². The first-order chi connectivity index (χ1) is 9.70. The first-order valence-electron chi connectivity index (χ1n) is 6.63. The van der Waals surface area contributed by atoms with Crippen LogP contribution in [-0.2, 0) is 26.4 Å². The highest BCUT2D eigenvalue weighted by molar-refractivity contribution is 5.77. The third-order valence-corrected chi connectivity index (χ3v) is 3.26. The van der Waals surface area contributed by atoms with Gasteiger partial charge in [0.2, 0.25) is 11.8 Å². The van der Waals surface area contributed by atoms with Crippen LogP contribution in [-0.4, -0.2) is 29.5 Å². The lowest BCUT2D eigenvalue weighted by molar-refractivity contribution is 0.371. The molecule has 2 N–H and O–H groups in total. The lowest BCUT2D eigenvalue weighted by atomic mass is 10.2. The van der Waals surface area contributed by atoms with E-state index in [9.17, 15) is 0 Å². The minimum absolute atomic E-state index is 0.491. The average Bonchev–Trinajstić information content (AvgIpc) is 3.08. The van der Waals surface area contributed by atoms with Gasteiger partial charge in [0.15, 0.2) is 12.0 Å². The lowest BCUT2D eigenvalue weighted by Gasteiger charge is -2.04. The van der Waals surface area contributed by atoms with E-state index in [-0.39, 0.29) is 0 Å². The predicted molar refractivity (Wildman–Crippen MR) is 72.9 cm³/mol. The molecule has 0 aliphatic rings. The summed E-state index contributed by atoms with van der Waals surface area (Å²) in [6.45, 7) is 2.76. The van der Waals surface area contributed by atoms with Crippen molar-refractivity contribution in [3.8, 4) is 0 Å². The molecule has 0 bridgehead atoms. The third kappa shape index (κ3) is 2.02. The fourth-order valence-electron chi connectivity index (χ4n) is 2.40. The number of rotatable bonds is 5. The summed E-state index contributed by atoms with van der Waals surface area (Å²) in [5.74, 6) is 1.08. The largest absolute Gasteiger partial charge is 0.369 e. The van der Waals surface area contributed by atoms with Crippen LogP contribution in [0.2, 0.25) is 0 Å². The van der Waals surface area contributed by atoms with Crippen molar-refractivity contribution in [1.29, 1.82) is 0 Å².